The topological polar surface area (TPSA) is 97.5 Å². The fourth-order valence-electron chi connectivity index (χ4n) is 1.01. The molecule has 0 unspecified atom stereocenters. The van der Waals surface area contributed by atoms with Gasteiger partial charge in [0.05, 0.1) is 10.5 Å². The van der Waals surface area contributed by atoms with Gasteiger partial charge in [0.2, 0.25) is 10.0 Å². The zero-order chi connectivity index (χ0) is 10.9. The number of hydrogen-bond donors (Lipinski definition) is 2. The summed E-state index contributed by atoms with van der Waals surface area (Å²) in [6.07, 6.45) is 0. The van der Waals surface area contributed by atoms with E-state index in [1.54, 1.807) is 6.92 Å². The number of primary sulfonamides is 1. The maximum atomic E-state index is 10.9. The van der Waals surface area contributed by atoms with Crippen LogP contribution in [0.4, 0.5) is 0 Å². The molecule has 3 N–H and O–H groups in total. The standard InChI is InChI=1S/C8H9NO4S/c1-5-2-3-6(14(9,12)13)4-7(5)8(10)11/h2-4H,1H3,(H,10,11)(H2,9,12,13). The van der Waals surface area contributed by atoms with Crippen molar-refractivity contribution in [2.75, 3.05) is 0 Å². The van der Waals surface area contributed by atoms with Crippen LogP contribution in [0, 0.1) is 6.92 Å². The van der Waals surface area contributed by atoms with Crippen molar-refractivity contribution in [3.63, 3.8) is 0 Å². The van der Waals surface area contributed by atoms with Crippen LogP contribution < -0.4 is 5.14 Å². The number of nitrogens with two attached hydrogens (primary N) is 1. The maximum absolute atomic E-state index is 10.9. The lowest BCUT2D eigenvalue weighted by Gasteiger charge is -2.02. The van der Waals surface area contributed by atoms with Crippen LogP contribution in [-0.4, -0.2) is 19.5 Å². The van der Waals surface area contributed by atoms with Crippen molar-refractivity contribution in [1.29, 1.82) is 0 Å². The van der Waals surface area contributed by atoms with Crippen LogP contribution in [0.3, 0.4) is 0 Å². The van der Waals surface area contributed by atoms with E-state index in [1.807, 2.05) is 0 Å². The van der Waals surface area contributed by atoms with Crippen molar-refractivity contribution in [3.8, 4) is 0 Å². The van der Waals surface area contributed by atoms with Crippen molar-refractivity contribution in [3.05, 3.63) is 29.3 Å². The summed E-state index contributed by atoms with van der Waals surface area (Å²) in [6.45, 7) is 1.58. The Hall–Kier alpha value is -1.40. The van der Waals surface area contributed by atoms with E-state index >= 15 is 0 Å². The van der Waals surface area contributed by atoms with E-state index in [-0.39, 0.29) is 10.5 Å². The van der Waals surface area contributed by atoms with Crippen molar-refractivity contribution < 1.29 is 18.3 Å². The quantitative estimate of drug-likeness (QED) is 0.743. The van der Waals surface area contributed by atoms with Gasteiger partial charge in [-0.15, -0.1) is 0 Å². The Morgan fingerprint density at radius 1 is 1.43 bits per heavy atom. The molecule has 6 heteroatoms. The van der Waals surface area contributed by atoms with E-state index in [0.29, 0.717) is 5.56 Å². The third-order valence-corrected chi connectivity index (χ3v) is 2.68. The number of benzene rings is 1. The molecule has 0 saturated heterocycles. The molecule has 0 aliphatic heterocycles. The number of rotatable bonds is 2. The molecular weight excluding hydrogens is 206 g/mol. The first-order chi connectivity index (χ1) is 6.32. The van der Waals surface area contributed by atoms with Gasteiger partial charge in [-0.05, 0) is 24.6 Å². The fraction of sp³-hybridized carbons (Fsp3) is 0.125. The lowest BCUT2D eigenvalue weighted by Crippen LogP contribution is -2.13. The fourth-order valence-corrected chi connectivity index (χ4v) is 1.55. The largest absolute Gasteiger partial charge is 0.478 e. The van der Waals surface area contributed by atoms with E-state index in [4.69, 9.17) is 10.2 Å². The van der Waals surface area contributed by atoms with Gasteiger partial charge in [-0.1, -0.05) is 6.07 Å². The normalized spacial score (nSPS) is 11.3. The number of aromatic carboxylic acids is 1. The van der Waals surface area contributed by atoms with Crippen molar-refractivity contribution >= 4 is 16.0 Å². The van der Waals surface area contributed by atoms with Gasteiger partial charge < -0.3 is 5.11 Å². The summed E-state index contributed by atoms with van der Waals surface area (Å²) in [5, 5.41) is 13.6. The third kappa shape index (κ3) is 2.09. The molecule has 0 fully saturated rings. The van der Waals surface area contributed by atoms with Crippen LogP contribution >= 0.6 is 0 Å². The summed E-state index contributed by atoms with van der Waals surface area (Å²) in [6, 6.07) is 3.73. The Morgan fingerprint density at radius 3 is 2.43 bits per heavy atom. The van der Waals surface area contributed by atoms with Crippen molar-refractivity contribution in [1.82, 2.24) is 0 Å². The summed E-state index contributed by atoms with van der Waals surface area (Å²) in [7, 11) is -3.84. The highest BCUT2D eigenvalue weighted by Gasteiger charge is 2.13. The molecule has 0 heterocycles. The molecule has 5 nitrogen and oxygen atoms in total. The summed E-state index contributed by atoms with van der Waals surface area (Å²) < 4.78 is 21.8. The van der Waals surface area contributed by atoms with Crippen LogP contribution in [0.1, 0.15) is 15.9 Å². The average Bonchev–Trinajstić information content (AvgIpc) is 2.02. The first-order valence-corrected chi connectivity index (χ1v) is 5.24. The van der Waals surface area contributed by atoms with Crippen LogP contribution in [0.25, 0.3) is 0 Å². The first kappa shape index (κ1) is 10.7. The molecule has 0 saturated carbocycles. The highest BCUT2D eigenvalue weighted by Crippen LogP contribution is 2.14. The number of hydrogen-bond acceptors (Lipinski definition) is 3. The molecule has 0 radical (unpaired) electrons. The van der Waals surface area contributed by atoms with Crippen LogP contribution in [0.5, 0.6) is 0 Å². The third-order valence-electron chi connectivity index (χ3n) is 1.77. The van der Waals surface area contributed by atoms with E-state index < -0.39 is 16.0 Å². The maximum Gasteiger partial charge on any atom is 0.335 e. The predicted octanol–water partition coefficient (Wildman–Crippen LogP) is 0.341. The van der Waals surface area contributed by atoms with Gasteiger partial charge in [-0.2, -0.15) is 0 Å². The van der Waals surface area contributed by atoms with Gasteiger partial charge in [0, 0.05) is 0 Å². The van der Waals surface area contributed by atoms with Crippen molar-refractivity contribution in [2.45, 2.75) is 11.8 Å². The highest BCUT2D eigenvalue weighted by molar-refractivity contribution is 7.89. The SMILES string of the molecule is Cc1ccc(S(N)(=O)=O)cc1C(=O)O. The molecule has 0 bridgehead atoms. The summed E-state index contributed by atoms with van der Waals surface area (Å²) in [4.78, 5) is 10.5. The van der Waals surface area contributed by atoms with Gasteiger partial charge >= 0.3 is 5.97 Å². The van der Waals surface area contributed by atoms with Gasteiger partial charge in [-0.3, -0.25) is 0 Å². The Kier molecular flexibility index (Phi) is 2.59. The molecular formula is C8H9NO4S. The molecule has 0 aliphatic rings. The smallest absolute Gasteiger partial charge is 0.335 e. The Morgan fingerprint density at radius 2 is 2.00 bits per heavy atom. The van der Waals surface area contributed by atoms with E-state index in [9.17, 15) is 13.2 Å². The minimum atomic E-state index is -3.84. The second-order valence-electron chi connectivity index (χ2n) is 2.83. The van der Waals surface area contributed by atoms with E-state index in [2.05, 4.69) is 0 Å². The number of aryl methyl sites for hydroxylation is 1. The minimum Gasteiger partial charge on any atom is -0.478 e. The molecule has 1 aromatic carbocycles. The molecule has 0 aliphatic carbocycles. The second kappa shape index (κ2) is 3.39. The molecule has 0 aromatic heterocycles. The lowest BCUT2D eigenvalue weighted by molar-refractivity contribution is 0.0696. The van der Waals surface area contributed by atoms with E-state index in [1.165, 1.54) is 12.1 Å². The Labute approximate surface area is 81.2 Å². The molecule has 0 atom stereocenters. The van der Waals surface area contributed by atoms with Gasteiger partial charge in [-0.25, -0.2) is 18.4 Å². The van der Waals surface area contributed by atoms with Crippen LogP contribution in [0.15, 0.2) is 23.1 Å². The van der Waals surface area contributed by atoms with E-state index in [0.717, 1.165) is 6.07 Å². The van der Waals surface area contributed by atoms with Crippen molar-refractivity contribution in [2.24, 2.45) is 5.14 Å². The molecule has 76 valence electrons. The highest BCUT2D eigenvalue weighted by atomic mass is 32.2. The summed E-state index contributed by atoms with van der Waals surface area (Å²) in [5.74, 6) is -1.17. The van der Waals surface area contributed by atoms with Crippen LogP contribution in [0.2, 0.25) is 0 Å². The van der Waals surface area contributed by atoms with Gasteiger partial charge in [0.15, 0.2) is 0 Å². The predicted molar refractivity (Wildman–Crippen MR) is 49.5 cm³/mol. The molecule has 0 amide bonds. The zero-order valence-corrected chi connectivity index (χ0v) is 8.21. The average molecular weight is 215 g/mol. The molecule has 0 spiro atoms. The number of sulfonamides is 1. The Balaban J connectivity index is 3.42. The first-order valence-electron chi connectivity index (χ1n) is 3.69. The van der Waals surface area contributed by atoms with Gasteiger partial charge in [0.25, 0.3) is 0 Å². The number of carbonyl (C=O) groups is 1. The monoisotopic (exact) mass is 215 g/mol. The zero-order valence-electron chi connectivity index (χ0n) is 7.39. The molecule has 1 rings (SSSR count). The lowest BCUT2D eigenvalue weighted by atomic mass is 10.1. The van der Waals surface area contributed by atoms with Gasteiger partial charge in [0.1, 0.15) is 0 Å². The number of carboxylic acids is 1. The second-order valence-corrected chi connectivity index (χ2v) is 4.39. The minimum absolute atomic E-state index is 0.0588. The molecule has 1 aromatic rings. The van der Waals surface area contributed by atoms with Crippen LogP contribution in [-0.2, 0) is 10.0 Å². The number of carboxylic acid groups (broad SMARTS) is 1. The molecule has 14 heavy (non-hydrogen) atoms. The Bertz CT molecular complexity index is 478. The summed E-state index contributed by atoms with van der Waals surface area (Å²) >= 11 is 0. The summed E-state index contributed by atoms with van der Waals surface area (Å²) in [5.41, 5.74) is 0.432.